The van der Waals surface area contributed by atoms with Gasteiger partial charge in [-0.2, -0.15) is 0 Å². The lowest BCUT2D eigenvalue weighted by Crippen LogP contribution is -2.30. The molecule has 0 atom stereocenters. The maximum Gasteiger partial charge on any atom is 0.287 e. The number of nitrogens with one attached hydrogen (secondary N) is 1. The van der Waals surface area contributed by atoms with Crippen LogP contribution in [0.4, 0.5) is 0 Å². The Kier molecular flexibility index (Phi) is 3.44. The van der Waals surface area contributed by atoms with Crippen LogP contribution in [0.15, 0.2) is 30.5 Å². The Morgan fingerprint density at radius 3 is 2.60 bits per heavy atom. The fourth-order valence-electron chi connectivity index (χ4n) is 2.39. The number of nitrogens with zero attached hydrogens (tertiary/aromatic N) is 4. The molecule has 3 N–H and O–H groups in total. The van der Waals surface area contributed by atoms with E-state index in [0.717, 1.165) is 19.6 Å². The summed E-state index contributed by atoms with van der Waals surface area (Å²) >= 11 is 0. The van der Waals surface area contributed by atoms with Crippen molar-refractivity contribution in [2.45, 2.75) is 19.6 Å². The maximum atomic E-state index is 11.3. The van der Waals surface area contributed by atoms with Crippen LogP contribution in [-0.2, 0) is 19.6 Å². The molecule has 1 amide bonds. The van der Waals surface area contributed by atoms with Gasteiger partial charge >= 0.3 is 0 Å². The number of hydrogen-bond acceptors (Lipinski definition) is 5. The highest BCUT2D eigenvalue weighted by atomic mass is 16.2. The molecule has 2 aromatic rings. The Balaban J connectivity index is 1.56. The van der Waals surface area contributed by atoms with Crippen LogP contribution in [0.25, 0.3) is 0 Å². The fraction of sp³-hybridized carbons (Fsp3) is 0.308. The third-order valence-corrected chi connectivity index (χ3v) is 3.45. The van der Waals surface area contributed by atoms with Gasteiger partial charge in [-0.1, -0.05) is 29.5 Å². The van der Waals surface area contributed by atoms with Crippen LogP contribution in [0, 0.1) is 0 Å². The number of fused-ring (bicyclic) bond motifs is 1. The van der Waals surface area contributed by atoms with Crippen LogP contribution in [0.5, 0.6) is 0 Å². The van der Waals surface area contributed by atoms with Crippen LogP contribution in [0.3, 0.4) is 0 Å². The van der Waals surface area contributed by atoms with Gasteiger partial charge in [-0.15, -0.1) is 5.10 Å². The number of rotatable bonds is 4. The Bertz CT molecular complexity index is 598. The van der Waals surface area contributed by atoms with Crippen molar-refractivity contribution in [3.8, 4) is 0 Å². The number of benzene rings is 1. The lowest BCUT2D eigenvalue weighted by molar-refractivity contribution is 0.0948. The van der Waals surface area contributed by atoms with Gasteiger partial charge in [-0.25, -0.2) is 5.84 Å². The van der Waals surface area contributed by atoms with Gasteiger partial charge in [0.1, 0.15) is 0 Å². The van der Waals surface area contributed by atoms with E-state index in [1.807, 2.05) is 5.43 Å². The summed E-state index contributed by atoms with van der Waals surface area (Å²) in [5.74, 6) is 4.62. The Labute approximate surface area is 116 Å². The lowest BCUT2D eigenvalue weighted by Gasteiger charge is -2.13. The molecule has 0 aliphatic carbocycles. The molecule has 104 valence electrons. The first-order valence-electron chi connectivity index (χ1n) is 6.46. The summed E-state index contributed by atoms with van der Waals surface area (Å²) in [4.78, 5) is 13.6. The van der Waals surface area contributed by atoms with Crippen molar-refractivity contribution in [3.05, 3.63) is 47.3 Å². The van der Waals surface area contributed by atoms with Gasteiger partial charge in [0.25, 0.3) is 5.91 Å². The molecule has 0 unspecified atom stereocenters. The Morgan fingerprint density at radius 2 is 1.95 bits per heavy atom. The van der Waals surface area contributed by atoms with Gasteiger partial charge < -0.3 is 0 Å². The average molecular weight is 272 g/mol. The van der Waals surface area contributed by atoms with E-state index in [-0.39, 0.29) is 5.69 Å². The molecule has 3 rings (SSSR count). The predicted octanol–water partition coefficient (Wildman–Crippen LogP) is -0.103. The number of nitrogen functional groups attached to an aromatic ring is 1. The molecule has 0 fully saturated rings. The van der Waals surface area contributed by atoms with Crippen molar-refractivity contribution in [1.29, 1.82) is 0 Å². The molecule has 1 aromatic heterocycles. The molecule has 20 heavy (non-hydrogen) atoms. The highest BCUT2D eigenvalue weighted by molar-refractivity contribution is 5.91. The average Bonchev–Trinajstić information content (AvgIpc) is 3.10. The zero-order valence-electron chi connectivity index (χ0n) is 11.0. The van der Waals surface area contributed by atoms with E-state index < -0.39 is 5.91 Å². The third kappa shape index (κ3) is 2.54. The number of hydrogen-bond donors (Lipinski definition) is 2. The predicted molar refractivity (Wildman–Crippen MR) is 72.2 cm³/mol. The van der Waals surface area contributed by atoms with Crippen LogP contribution < -0.4 is 11.3 Å². The highest BCUT2D eigenvalue weighted by Gasteiger charge is 2.18. The minimum Gasteiger partial charge on any atom is -0.293 e. The van der Waals surface area contributed by atoms with Gasteiger partial charge in [0, 0.05) is 19.6 Å². The van der Waals surface area contributed by atoms with E-state index in [1.165, 1.54) is 11.1 Å². The molecule has 1 aromatic carbocycles. The van der Waals surface area contributed by atoms with Gasteiger partial charge in [-0.3, -0.25) is 19.8 Å². The van der Waals surface area contributed by atoms with Gasteiger partial charge in [0.05, 0.1) is 12.7 Å². The molecule has 0 saturated heterocycles. The summed E-state index contributed by atoms with van der Waals surface area (Å²) in [5.41, 5.74) is 5.04. The summed E-state index contributed by atoms with van der Waals surface area (Å²) in [5, 5.41) is 7.69. The largest absolute Gasteiger partial charge is 0.293 e. The van der Waals surface area contributed by atoms with Crippen LogP contribution >= 0.6 is 0 Å². The van der Waals surface area contributed by atoms with E-state index in [1.54, 1.807) is 10.9 Å². The Morgan fingerprint density at radius 1 is 1.25 bits per heavy atom. The molecule has 7 nitrogen and oxygen atoms in total. The Hall–Kier alpha value is -2.25. The molecular weight excluding hydrogens is 256 g/mol. The number of nitrogens with two attached hydrogens (primary N) is 1. The summed E-state index contributed by atoms with van der Waals surface area (Å²) in [6.45, 7) is 3.47. The molecule has 0 saturated carbocycles. The molecule has 0 spiro atoms. The molecule has 0 radical (unpaired) electrons. The first-order valence-corrected chi connectivity index (χ1v) is 6.46. The molecular formula is C13H16N6O. The van der Waals surface area contributed by atoms with Crippen molar-refractivity contribution >= 4 is 5.91 Å². The smallest absolute Gasteiger partial charge is 0.287 e. The summed E-state index contributed by atoms with van der Waals surface area (Å²) in [6, 6.07) is 8.46. The normalized spacial score (nSPS) is 14.2. The van der Waals surface area contributed by atoms with E-state index >= 15 is 0 Å². The molecule has 0 bridgehead atoms. The van der Waals surface area contributed by atoms with Crippen molar-refractivity contribution in [3.63, 3.8) is 0 Å². The molecule has 7 heteroatoms. The van der Waals surface area contributed by atoms with Gasteiger partial charge in [0.15, 0.2) is 5.69 Å². The highest BCUT2D eigenvalue weighted by Crippen LogP contribution is 2.21. The number of hydrazine groups is 1. The number of aromatic nitrogens is 3. The SMILES string of the molecule is NNC(=O)c1cn(CCN2Cc3ccccc3C2)nn1. The second kappa shape index (κ2) is 5.40. The van der Waals surface area contributed by atoms with Gasteiger partial charge in [-0.05, 0) is 11.1 Å². The van der Waals surface area contributed by atoms with Crippen molar-refractivity contribution in [2.75, 3.05) is 6.54 Å². The quantitative estimate of drug-likeness (QED) is 0.461. The minimum atomic E-state index is -0.426. The van der Waals surface area contributed by atoms with E-state index in [4.69, 9.17) is 5.84 Å². The van der Waals surface area contributed by atoms with Crippen molar-refractivity contribution < 1.29 is 4.79 Å². The minimum absolute atomic E-state index is 0.234. The second-order valence-corrected chi connectivity index (χ2v) is 4.82. The fourth-order valence-corrected chi connectivity index (χ4v) is 2.39. The monoisotopic (exact) mass is 272 g/mol. The third-order valence-electron chi connectivity index (χ3n) is 3.45. The molecule has 1 aliphatic heterocycles. The lowest BCUT2D eigenvalue weighted by atomic mass is 10.1. The van der Waals surface area contributed by atoms with Crippen LogP contribution in [-0.4, -0.2) is 32.3 Å². The first kappa shape index (κ1) is 12.8. The topological polar surface area (TPSA) is 89.1 Å². The number of carbonyl (C=O) groups is 1. The standard InChI is InChI=1S/C13H16N6O/c14-15-13(20)12-9-19(17-16-12)6-5-18-7-10-3-1-2-4-11(10)8-18/h1-4,9H,5-8,14H2,(H,15,20). The first-order chi connectivity index (χ1) is 9.76. The number of carbonyl (C=O) groups excluding carboxylic acids is 1. The van der Waals surface area contributed by atoms with E-state index in [9.17, 15) is 4.79 Å². The summed E-state index contributed by atoms with van der Waals surface area (Å²) in [7, 11) is 0. The second-order valence-electron chi connectivity index (χ2n) is 4.82. The van der Waals surface area contributed by atoms with E-state index in [0.29, 0.717) is 6.54 Å². The summed E-state index contributed by atoms with van der Waals surface area (Å²) in [6.07, 6.45) is 1.60. The zero-order chi connectivity index (χ0) is 13.9. The van der Waals surface area contributed by atoms with Gasteiger partial charge in [0.2, 0.25) is 0 Å². The van der Waals surface area contributed by atoms with Crippen molar-refractivity contribution in [2.24, 2.45) is 5.84 Å². The molecule has 2 heterocycles. The number of amides is 1. The van der Waals surface area contributed by atoms with Crippen LogP contribution in [0.1, 0.15) is 21.6 Å². The van der Waals surface area contributed by atoms with E-state index in [2.05, 4.69) is 39.5 Å². The zero-order valence-corrected chi connectivity index (χ0v) is 11.0. The summed E-state index contributed by atoms with van der Waals surface area (Å²) < 4.78 is 1.66. The maximum absolute atomic E-state index is 11.3. The van der Waals surface area contributed by atoms with Crippen molar-refractivity contribution in [1.82, 2.24) is 25.3 Å². The van der Waals surface area contributed by atoms with Crippen LogP contribution in [0.2, 0.25) is 0 Å². The molecule has 1 aliphatic rings.